The van der Waals surface area contributed by atoms with Gasteiger partial charge in [-0.25, -0.2) is 0 Å². The minimum absolute atomic E-state index is 0.654. The molecule has 6 aromatic carbocycles. The number of hydrogen-bond donors (Lipinski definition) is 0. The molecule has 0 fully saturated rings. The first kappa shape index (κ1) is 24.0. The first-order valence-corrected chi connectivity index (χ1v) is 14.0. The molecule has 7 aromatic rings. The van der Waals surface area contributed by atoms with E-state index in [0.717, 1.165) is 56.2 Å². The van der Waals surface area contributed by atoms with E-state index in [1.165, 1.54) is 16.5 Å². The van der Waals surface area contributed by atoms with Crippen molar-refractivity contribution in [3.8, 4) is 67.9 Å². The number of para-hydroxylation sites is 3. The van der Waals surface area contributed by atoms with Crippen molar-refractivity contribution >= 4 is 10.9 Å². The highest BCUT2D eigenvalue weighted by atomic mass is 16.5. The van der Waals surface area contributed by atoms with Crippen LogP contribution in [0.15, 0.2) is 146 Å². The minimum Gasteiger partial charge on any atom is -0.456 e. The Balaban J connectivity index is 1.48. The maximum Gasteiger partial charge on any atom is 0.136 e. The van der Waals surface area contributed by atoms with Gasteiger partial charge in [0.1, 0.15) is 11.5 Å². The van der Waals surface area contributed by atoms with Crippen molar-refractivity contribution < 1.29 is 4.74 Å². The lowest BCUT2D eigenvalue weighted by atomic mass is 9.96. The molecule has 0 saturated heterocycles. The molecule has 0 saturated carbocycles. The van der Waals surface area contributed by atoms with Gasteiger partial charge in [-0.2, -0.15) is 5.26 Å². The highest BCUT2D eigenvalue weighted by Gasteiger charge is 2.29. The zero-order valence-corrected chi connectivity index (χ0v) is 22.7. The van der Waals surface area contributed by atoms with Crippen LogP contribution in [0.4, 0.5) is 0 Å². The summed E-state index contributed by atoms with van der Waals surface area (Å²) < 4.78 is 8.95. The molecule has 196 valence electrons. The van der Waals surface area contributed by atoms with Gasteiger partial charge in [-0.3, -0.25) is 0 Å². The van der Waals surface area contributed by atoms with Crippen LogP contribution in [0.3, 0.4) is 0 Å². The van der Waals surface area contributed by atoms with Crippen LogP contribution in [0, 0.1) is 11.3 Å². The summed E-state index contributed by atoms with van der Waals surface area (Å²) in [7, 11) is 0. The molecule has 8 rings (SSSR count). The van der Waals surface area contributed by atoms with E-state index in [0.29, 0.717) is 5.56 Å². The second-order valence-electron chi connectivity index (χ2n) is 10.5. The summed E-state index contributed by atoms with van der Waals surface area (Å²) in [5.41, 5.74) is 11.7. The molecular weight excluding hydrogens is 512 g/mol. The van der Waals surface area contributed by atoms with Gasteiger partial charge < -0.3 is 9.30 Å². The number of rotatable bonds is 3. The number of nitrogens with zero attached hydrogens (tertiary/aromatic N) is 2. The quantitative estimate of drug-likeness (QED) is 0.225. The van der Waals surface area contributed by atoms with Crippen LogP contribution in [0.2, 0.25) is 0 Å². The van der Waals surface area contributed by atoms with Crippen LogP contribution in [0.5, 0.6) is 11.5 Å². The predicted molar refractivity (Wildman–Crippen MR) is 170 cm³/mol. The van der Waals surface area contributed by atoms with E-state index in [1.54, 1.807) is 0 Å². The van der Waals surface area contributed by atoms with Crippen LogP contribution in [-0.4, -0.2) is 4.57 Å². The molecule has 0 atom stereocenters. The summed E-state index contributed by atoms with van der Waals surface area (Å²) in [5.74, 6) is 1.68. The summed E-state index contributed by atoms with van der Waals surface area (Å²) in [6.07, 6.45) is 0. The monoisotopic (exact) mass is 536 g/mol. The summed E-state index contributed by atoms with van der Waals surface area (Å²) in [4.78, 5) is 0. The molecule has 3 heteroatoms. The van der Waals surface area contributed by atoms with Gasteiger partial charge in [-0.05, 0) is 59.2 Å². The topological polar surface area (TPSA) is 38.0 Å². The smallest absolute Gasteiger partial charge is 0.136 e. The minimum atomic E-state index is 0.654. The van der Waals surface area contributed by atoms with Gasteiger partial charge in [0.2, 0.25) is 0 Å². The molecule has 0 bridgehead atoms. The Morgan fingerprint density at radius 3 is 1.95 bits per heavy atom. The number of benzene rings is 6. The highest BCUT2D eigenvalue weighted by molar-refractivity contribution is 6.12. The van der Waals surface area contributed by atoms with E-state index in [-0.39, 0.29) is 0 Å². The van der Waals surface area contributed by atoms with Crippen LogP contribution >= 0.6 is 0 Å². The molecule has 0 radical (unpaired) electrons. The SMILES string of the molecule is N#Cc1cccc(-c2ccc(-n3c4c(c5cccc(-c6ccccc6)c53)-c3ccccc3Oc3ccccc3-4)cc2)c1. The van der Waals surface area contributed by atoms with Crippen LogP contribution in [0.25, 0.3) is 61.2 Å². The molecule has 0 aliphatic carbocycles. The van der Waals surface area contributed by atoms with E-state index in [2.05, 4.69) is 114 Å². The Labute approximate surface area is 244 Å². The Morgan fingerprint density at radius 1 is 0.524 bits per heavy atom. The molecule has 0 amide bonds. The second-order valence-corrected chi connectivity index (χ2v) is 10.5. The first-order valence-electron chi connectivity index (χ1n) is 14.0. The molecule has 3 nitrogen and oxygen atoms in total. The average molecular weight is 537 g/mol. The summed E-state index contributed by atoms with van der Waals surface area (Å²) in [6, 6.07) is 52.4. The number of fused-ring (bicyclic) bond motifs is 7. The molecule has 0 N–H and O–H groups in total. The fraction of sp³-hybridized carbons (Fsp3) is 0. The molecule has 42 heavy (non-hydrogen) atoms. The van der Waals surface area contributed by atoms with E-state index >= 15 is 0 Å². The van der Waals surface area contributed by atoms with E-state index in [4.69, 9.17) is 4.74 Å². The van der Waals surface area contributed by atoms with Gasteiger partial charge in [0.25, 0.3) is 0 Å². The van der Waals surface area contributed by atoms with Crippen molar-refractivity contribution in [1.29, 1.82) is 5.26 Å². The average Bonchev–Trinajstić information content (AvgIpc) is 3.33. The number of ether oxygens (including phenoxy) is 1. The highest BCUT2D eigenvalue weighted by Crippen LogP contribution is 2.52. The molecule has 2 heterocycles. The van der Waals surface area contributed by atoms with Gasteiger partial charge >= 0.3 is 0 Å². The lowest BCUT2D eigenvalue weighted by Crippen LogP contribution is -1.99. The van der Waals surface area contributed by atoms with Gasteiger partial charge in [0.15, 0.2) is 0 Å². The van der Waals surface area contributed by atoms with Crippen molar-refractivity contribution in [2.24, 2.45) is 0 Å². The van der Waals surface area contributed by atoms with E-state index in [9.17, 15) is 5.26 Å². The third-order valence-corrected chi connectivity index (χ3v) is 8.04. The van der Waals surface area contributed by atoms with Gasteiger partial charge in [0.05, 0.1) is 22.8 Å². The second kappa shape index (κ2) is 9.66. The zero-order chi connectivity index (χ0) is 28.0. The summed E-state index contributed by atoms with van der Waals surface area (Å²) in [5, 5.41) is 10.6. The van der Waals surface area contributed by atoms with Crippen molar-refractivity contribution in [3.05, 3.63) is 151 Å². The number of hydrogen-bond acceptors (Lipinski definition) is 2. The molecule has 1 aliphatic heterocycles. The molecule has 1 aliphatic rings. The Bertz CT molecular complexity index is 2170. The summed E-state index contributed by atoms with van der Waals surface area (Å²) >= 11 is 0. The van der Waals surface area contributed by atoms with Crippen LogP contribution < -0.4 is 4.74 Å². The third-order valence-electron chi connectivity index (χ3n) is 8.04. The fourth-order valence-electron chi connectivity index (χ4n) is 6.18. The standard InChI is InChI=1S/C39H24N2O/c40-25-26-10-8-13-29(24-26)27-20-22-30(23-21-27)41-38-31(28-11-2-1-3-12-28)16-9-17-34(38)37-32-14-4-6-18-35(32)42-36-19-7-5-15-33(36)39(37)41/h1-24H. The van der Waals surface area contributed by atoms with Crippen LogP contribution in [0.1, 0.15) is 5.56 Å². The lowest BCUT2D eigenvalue weighted by Gasteiger charge is -2.16. The van der Waals surface area contributed by atoms with Gasteiger partial charge in [-0.1, -0.05) is 103 Å². The lowest BCUT2D eigenvalue weighted by molar-refractivity contribution is 0.487. The first-order chi connectivity index (χ1) is 20.8. The van der Waals surface area contributed by atoms with Crippen LogP contribution in [-0.2, 0) is 0 Å². The molecule has 0 unspecified atom stereocenters. The number of aromatic nitrogens is 1. The van der Waals surface area contributed by atoms with Crippen molar-refractivity contribution in [2.75, 3.05) is 0 Å². The Kier molecular flexibility index (Phi) is 5.52. The Morgan fingerprint density at radius 2 is 1.17 bits per heavy atom. The predicted octanol–water partition coefficient (Wildman–Crippen LogP) is 10.3. The largest absolute Gasteiger partial charge is 0.456 e. The van der Waals surface area contributed by atoms with Gasteiger partial charge in [-0.15, -0.1) is 0 Å². The normalized spacial score (nSPS) is 11.5. The fourth-order valence-corrected chi connectivity index (χ4v) is 6.18. The summed E-state index contributed by atoms with van der Waals surface area (Å²) in [6.45, 7) is 0. The van der Waals surface area contributed by atoms with Crippen molar-refractivity contribution in [3.63, 3.8) is 0 Å². The number of nitriles is 1. The zero-order valence-electron chi connectivity index (χ0n) is 22.7. The molecular formula is C39H24N2O. The maximum atomic E-state index is 9.42. The van der Waals surface area contributed by atoms with Gasteiger partial charge in [0, 0.05) is 33.3 Å². The third kappa shape index (κ3) is 3.74. The van der Waals surface area contributed by atoms with E-state index < -0.39 is 0 Å². The molecule has 1 aromatic heterocycles. The van der Waals surface area contributed by atoms with Crippen molar-refractivity contribution in [2.45, 2.75) is 0 Å². The van der Waals surface area contributed by atoms with Crippen molar-refractivity contribution in [1.82, 2.24) is 4.57 Å². The van der Waals surface area contributed by atoms with E-state index in [1.807, 2.05) is 42.5 Å². The maximum absolute atomic E-state index is 9.42. The molecule has 0 spiro atoms. The Hall–Kier alpha value is -5.85.